The van der Waals surface area contributed by atoms with Gasteiger partial charge in [-0.05, 0) is 50.0 Å². The first-order valence-electron chi connectivity index (χ1n) is 6.46. The minimum Gasteiger partial charge on any atom is -0.342 e. The van der Waals surface area contributed by atoms with Gasteiger partial charge >= 0.3 is 0 Å². The van der Waals surface area contributed by atoms with Crippen molar-refractivity contribution in [3.63, 3.8) is 0 Å². The molecular weight excluding hydrogens is 292 g/mol. The second kappa shape index (κ2) is 6.90. The smallest absolute Gasteiger partial charge is 0.209 e. The van der Waals surface area contributed by atoms with Gasteiger partial charge < -0.3 is 10.2 Å². The van der Waals surface area contributed by atoms with Crippen molar-refractivity contribution in [1.29, 1.82) is 0 Å². The quantitative estimate of drug-likeness (QED) is 0.846. The van der Waals surface area contributed by atoms with Crippen LogP contribution >= 0.6 is 15.9 Å². The second-order valence-corrected chi connectivity index (χ2v) is 5.62. The summed E-state index contributed by atoms with van der Waals surface area (Å²) < 4.78 is 1.09. The van der Waals surface area contributed by atoms with Crippen molar-refractivity contribution in [2.45, 2.75) is 25.3 Å². The summed E-state index contributed by atoms with van der Waals surface area (Å²) in [4.78, 5) is 13.1. The molecule has 0 aliphatic carbocycles. The van der Waals surface area contributed by atoms with E-state index in [1.807, 2.05) is 17.0 Å². The summed E-state index contributed by atoms with van der Waals surface area (Å²) in [5.41, 5.74) is 1.28. The van der Waals surface area contributed by atoms with Crippen LogP contribution in [0.2, 0.25) is 0 Å². The molecule has 1 aliphatic rings. The average Bonchev–Trinajstić information content (AvgIpc) is 2.43. The highest BCUT2D eigenvalue weighted by molar-refractivity contribution is 9.10. The van der Waals surface area contributed by atoms with Crippen LogP contribution in [0.1, 0.15) is 18.4 Å². The molecule has 3 nitrogen and oxygen atoms in total. The van der Waals surface area contributed by atoms with Gasteiger partial charge in [-0.2, -0.15) is 0 Å². The summed E-state index contributed by atoms with van der Waals surface area (Å²) in [6.07, 6.45) is 4.07. The zero-order valence-corrected chi connectivity index (χ0v) is 12.0. The van der Waals surface area contributed by atoms with E-state index in [9.17, 15) is 4.79 Å². The SMILES string of the molecule is O=CN(CCc1ccc(Br)cc1)C1CCNCC1. The number of carbonyl (C=O) groups excluding carboxylic acids is 1. The van der Waals surface area contributed by atoms with E-state index in [1.54, 1.807) is 0 Å². The van der Waals surface area contributed by atoms with Crippen molar-refractivity contribution in [3.05, 3.63) is 34.3 Å². The largest absolute Gasteiger partial charge is 0.342 e. The van der Waals surface area contributed by atoms with Crippen LogP contribution in [-0.4, -0.2) is 37.0 Å². The molecule has 1 aliphatic heterocycles. The predicted octanol–water partition coefficient (Wildman–Crippen LogP) is 2.20. The molecule has 0 atom stereocenters. The Labute approximate surface area is 117 Å². The second-order valence-electron chi connectivity index (χ2n) is 4.70. The predicted molar refractivity (Wildman–Crippen MR) is 76.5 cm³/mol. The molecule has 0 spiro atoms. The summed E-state index contributed by atoms with van der Waals surface area (Å²) in [7, 11) is 0. The third-order valence-corrected chi connectivity index (χ3v) is 4.01. The molecule has 98 valence electrons. The van der Waals surface area contributed by atoms with Crippen LogP contribution in [0.3, 0.4) is 0 Å². The Hall–Kier alpha value is -0.870. The molecule has 1 saturated heterocycles. The topological polar surface area (TPSA) is 32.3 Å². The third kappa shape index (κ3) is 3.82. The van der Waals surface area contributed by atoms with Crippen LogP contribution in [0.15, 0.2) is 28.7 Å². The van der Waals surface area contributed by atoms with Crippen LogP contribution in [0.4, 0.5) is 0 Å². The van der Waals surface area contributed by atoms with E-state index in [0.717, 1.165) is 49.8 Å². The summed E-state index contributed by atoms with van der Waals surface area (Å²) in [6.45, 7) is 2.86. The fraction of sp³-hybridized carbons (Fsp3) is 0.500. The molecule has 2 rings (SSSR count). The van der Waals surface area contributed by atoms with Gasteiger partial charge in [-0.15, -0.1) is 0 Å². The Morgan fingerprint density at radius 2 is 1.94 bits per heavy atom. The highest BCUT2D eigenvalue weighted by Gasteiger charge is 2.18. The Morgan fingerprint density at radius 1 is 1.28 bits per heavy atom. The lowest BCUT2D eigenvalue weighted by Gasteiger charge is -2.31. The fourth-order valence-corrected chi connectivity index (χ4v) is 2.63. The maximum Gasteiger partial charge on any atom is 0.209 e. The normalized spacial score (nSPS) is 16.5. The molecular formula is C14H19BrN2O. The number of hydrogen-bond acceptors (Lipinski definition) is 2. The standard InChI is InChI=1S/C14H19BrN2O/c15-13-3-1-12(2-4-13)7-10-17(11-18)14-5-8-16-9-6-14/h1-4,11,14,16H,5-10H2. The van der Waals surface area contributed by atoms with Crippen LogP contribution < -0.4 is 5.32 Å². The number of nitrogens with zero attached hydrogens (tertiary/aromatic N) is 1. The summed E-state index contributed by atoms with van der Waals surface area (Å²) >= 11 is 3.43. The molecule has 1 aromatic rings. The molecule has 4 heteroatoms. The molecule has 0 bridgehead atoms. The lowest BCUT2D eigenvalue weighted by atomic mass is 10.0. The van der Waals surface area contributed by atoms with Crippen molar-refractivity contribution in [2.24, 2.45) is 0 Å². The molecule has 0 saturated carbocycles. The number of rotatable bonds is 5. The number of hydrogen-bond donors (Lipinski definition) is 1. The highest BCUT2D eigenvalue weighted by Crippen LogP contribution is 2.13. The molecule has 18 heavy (non-hydrogen) atoms. The van der Waals surface area contributed by atoms with E-state index < -0.39 is 0 Å². The fourth-order valence-electron chi connectivity index (χ4n) is 2.37. The van der Waals surface area contributed by atoms with Crippen LogP contribution in [0.25, 0.3) is 0 Å². The van der Waals surface area contributed by atoms with Crippen LogP contribution in [-0.2, 0) is 11.2 Å². The Balaban J connectivity index is 1.86. The lowest BCUT2D eigenvalue weighted by molar-refractivity contribution is -0.120. The van der Waals surface area contributed by atoms with Crippen LogP contribution in [0.5, 0.6) is 0 Å². The van der Waals surface area contributed by atoms with Crippen molar-refractivity contribution >= 4 is 22.3 Å². The first-order valence-corrected chi connectivity index (χ1v) is 7.25. The van der Waals surface area contributed by atoms with E-state index in [-0.39, 0.29) is 0 Å². The highest BCUT2D eigenvalue weighted by atomic mass is 79.9. The number of carbonyl (C=O) groups is 1. The van der Waals surface area contributed by atoms with Gasteiger partial charge in [-0.3, -0.25) is 4.79 Å². The van der Waals surface area contributed by atoms with E-state index >= 15 is 0 Å². The molecule has 1 amide bonds. The van der Waals surface area contributed by atoms with Crippen molar-refractivity contribution in [2.75, 3.05) is 19.6 Å². The van der Waals surface area contributed by atoms with Gasteiger partial charge in [0.2, 0.25) is 6.41 Å². The van der Waals surface area contributed by atoms with E-state index in [0.29, 0.717) is 6.04 Å². The number of halogens is 1. The minimum absolute atomic E-state index is 0.416. The molecule has 1 fully saturated rings. The van der Waals surface area contributed by atoms with E-state index in [1.165, 1.54) is 5.56 Å². The van der Waals surface area contributed by atoms with Gasteiger partial charge in [0.25, 0.3) is 0 Å². The van der Waals surface area contributed by atoms with Crippen molar-refractivity contribution in [3.8, 4) is 0 Å². The maximum absolute atomic E-state index is 11.2. The first kappa shape index (κ1) is 13.6. The monoisotopic (exact) mass is 310 g/mol. The number of amides is 1. The van der Waals surface area contributed by atoms with E-state index in [4.69, 9.17) is 0 Å². The van der Waals surface area contributed by atoms with E-state index in [2.05, 4.69) is 33.4 Å². The molecule has 1 aromatic carbocycles. The average molecular weight is 311 g/mol. The van der Waals surface area contributed by atoms with Gasteiger partial charge in [0, 0.05) is 17.1 Å². The van der Waals surface area contributed by atoms with Gasteiger partial charge in [0.05, 0.1) is 0 Å². The number of piperidine rings is 1. The van der Waals surface area contributed by atoms with Gasteiger partial charge in [0.1, 0.15) is 0 Å². The molecule has 1 N–H and O–H groups in total. The molecule has 1 heterocycles. The van der Waals surface area contributed by atoms with Gasteiger partial charge in [-0.1, -0.05) is 28.1 Å². The molecule has 0 unspecified atom stereocenters. The maximum atomic E-state index is 11.2. The summed E-state index contributed by atoms with van der Waals surface area (Å²) in [5.74, 6) is 0. The van der Waals surface area contributed by atoms with Gasteiger partial charge in [0.15, 0.2) is 0 Å². The Bertz CT molecular complexity index is 374. The molecule has 0 aromatic heterocycles. The summed E-state index contributed by atoms with van der Waals surface area (Å²) in [5, 5.41) is 3.33. The Morgan fingerprint density at radius 3 is 2.56 bits per heavy atom. The third-order valence-electron chi connectivity index (χ3n) is 3.49. The van der Waals surface area contributed by atoms with Gasteiger partial charge in [-0.25, -0.2) is 0 Å². The van der Waals surface area contributed by atoms with Crippen molar-refractivity contribution < 1.29 is 4.79 Å². The lowest BCUT2D eigenvalue weighted by Crippen LogP contribution is -2.43. The van der Waals surface area contributed by atoms with Crippen molar-refractivity contribution in [1.82, 2.24) is 10.2 Å². The zero-order valence-electron chi connectivity index (χ0n) is 10.4. The summed E-state index contributed by atoms with van der Waals surface area (Å²) in [6, 6.07) is 8.72. The Kier molecular flexibility index (Phi) is 5.20. The number of nitrogens with one attached hydrogen (secondary N) is 1. The molecule has 0 radical (unpaired) electrons. The zero-order chi connectivity index (χ0) is 12.8. The minimum atomic E-state index is 0.416. The van der Waals surface area contributed by atoms with Crippen LogP contribution in [0, 0.1) is 0 Å². The first-order chi connectivity index (χ1) is 8.79. The number of benzene rings is 1.